The zero-order chi connectivity index (χ0) is 28.4. The fraction of sp³-hybridized carbons (Fsp3) is 0.625. The third-order valence-corrected chi connectivity index (χ3v) is 5.79. The van der Waals surface area contributed by atoms with Crippen LogP contribution in [0.4, 0.5) is 18.0 Å². The molecule has 1 aliphatic heterocycles. The summed E-state index contributed by atoms with van der Waals surface area (Å²) >= 11 is 0. The summed E-state index contributed by atoms with van der Waals surface area (Å²) in [5.74, 6) is -5.47. The van der Waals surface area contributed by atoms with Crippen molar-refractivity contribution in [2.75, 3.05) is 20.3 Å². The van der Waals surface area contributed by atoms with Crippen molar-refractivity contribution in [2.45, 2.75) is 70.8 Å². The highest BCUT2D eigenvalue weighted by molar-refractivity contribution is 6.16. The van der Waals surface area contributed by atoms with Crippen molar-refractivity contribution in [3.8, 4) is 0 Å². The van der Waals surface area contributed by atoms with Gasteiger partial charge >= 0.3 is 24.2 Å². The number of nitrogens with zero attached hydrogens (tertiary/aromatic N) is 2. The molecular formula is C24H32F3N3O7. The number of nitrogens with one attached hydrogen (secondary N) is 1. The fourth-order valence-electron chi connectivity index (χ4n) is 4.45. The molecule has 10 nitrogen and oxygen atoms in total. The van der Waals surface area contributed by atoms with Crippen molar-refractivity contribution >= 4 is 30.2 Å². The molecule has 206 valence electrons. The van der Waals surface area contributed by atoms with Crippen molar-refractivity contribution in [3.05, 3.63) is 23.4 Å². The molecule has 13 heteroatoms. The Kier molecular flexibility index (Phi) is 8.50. The largest absolute Gasteiger partial charge is 0.464 e. The number of esters is 2. The topological polar surface area (TPSA) is 124 Å². The van der Waals surface area contributed by atoms with Gasteiger partial charge in [-0.15, -0.1) is 0 Å². The first kappa shape index (κ1) is 29.8. The van der Waals surface area contributed by atoms with Gasteiger partial charge in [-0.1, -0.05) is 11.6 Å². The number of alkyl halides is 3. The van der Waals surface area contributed by atoms with Crippen molar-refractivity contribution in [1.82, 2.24) is 10.2 Å². The van der Waals surface area contributed by atoms with Gasteiger partial charge < -0.3 is 24.4 Å². The van der Waals surface area contributed by atoms with E-state index in [1.165, 1.54) is 47.7 Å². The number of alkyl carbamates (subject to hydrolysis) is 1. The Morgan fingerprint density at radius 3 is 2.14 bits per heavy atom. The van der Waals surface area contributed by atoms with E-state index in [2.05, 4.69) is 10.3 Å². The van der Waals surface area contributed by atoms with Crippen LogP contribution in [-0.4, -0.2) is 78.2 Å². The minimum absolute atomic E-state index is 0.0141. The average Bonchev–Trinajstić information content (AvgIpc) is 2.94. The Morgan fingerprint density at radius 1 is 1.14 bits per heavy atom. The van der Waals surface area contributed by atoms with Crippen LogP contribution in [0.25, 0.3) is 0 Å². The summed E-state index contributed by atoms with van der Waals surface area (Å²) in [5, 5.41) is 2.30. The molecular weight excluding hydrogens is 499 g/mol. The van der Waals surface area contributed by atoms with E-state index in [0.29, 0.717) is 5.57 Å². The van der Waals surface area contributed by atoms with E-state index >= 15 is 0 Å². The van der Waals surface area contributed by atoms with Gasteiger partial charge in [0.2, 0.25) is 0 Å². The molecule has 0 spiro atoms. The number of ether oxygens (including phenoxy) is 3. The van der Waals surface area contributed by atoms with Crippen LogP contribution < -0.4 is 5.32 Å². The van der Waals surface area contributed by atoms with Gasteiger partial charge in [0.1, 0.15) is 11.8 Å². The number of rotatable bonds is 7. The third kappa shape index (κ3) is 5.64. The van der Waals surface area contributed by atoms with Gasteiger partial charge in [0, 0.05) is 18.7 Å². The molecule has 0 bridgehead atoms. The zero-order valence-electron chi connectivity index (χ0n) is 21.8. The molecule has 2 amide bonds. The van der Waals surface area contributed by atoms with Crippen LogP contribution in [0.5, 0.6) is 0 Å². The molecule has 1 heterocycles. The Hall–Kier alpha value is -3.38. The molecule has 1 aliphatic carbocycles. The quantitative estimate of drug-likeness (QED) is 0.232. The lowest BCUT2D eigenvalue weighted by Gasteiger charge is -2.44. The van der Waals surface area contributed by atoms with Crippen molar-refractivity contribution in [2.24, 2.45) is 10.9 Å². The first-order chi connectivity index (χ1) is 17.0. The minimum atomic E-state index is -5.11. The summed E-state index contributed by atoms with van der Waals surface area (Å²) in [5.41, 5.74) is -6.24. The number of amides is 2. The van der Waals surface area contributed by atoms with Gasteiger partial charge in [0.05, 0.1) is 13.2 Å². The van der Waals surface area contributed by atoms with E-state index < -0.39 is 58.9 Å². The summed E-state index contributed by atoms with van der Waals surface area (Å²) < 4.78 is 55.8. The van der Waals surface area contributed by atoms with Gasteiger partial charge in [-0.25, -0.2) is 14.4 Å². The Balaban J connectivity index is 3.03. The maximum atomic E-state index is 14.0. The molecule has 2 rings (SSSR count). The van der Waals surface area contributed by atoms with Gasteiger partial charge in [-0.05, 0) is 54.0 Å². The van der Waals surface area contributed by atoms with E-state index in [0.717, 1.165) is 4.90 Å². The minimum Gasteiger partial charge on any atom is -0.464 e. The second-order valence-electron chi connectivity index (χ2n) is 9.61. The monoisotopic (exact) mass is 531 g/mol. The Morgan fingerprint density at radius 2 is 1.68 bits per heavy atom. The molecule has 0 aromatic rings. The number of aliphatic imine (C=N–C) groups is 1. The van der Waals surface area contributed by atoms with E-state index in [1.807, 2.05) is 0 Å². The van der Waals surface area contributed by atoms with E-state index in [-0.39, 0.29) is 25.3 Å². The van der Waals surface area contributed by atoms with Gasteiger partial charge in [0.15, 0.2) is 5.54 Å². The lowest BCUT2D eigenvalue weighted by molar-refractivity contribution is -0.172. The predicted octanol–water partition coefficient (Wildman–Crippen LogP) is 3.07. The molecule has 37 heavy (non-hydrogen) atoms. The molecule has 0 aromatic carbocycles. The second kappa shape index (κ2) is 10.5. The summed E-state index contributed by atoms with van der Waals surface area (Å²) in [7, 11) is 1.31. The number of hydrogen-bond donors (Lipinski definition) is 1. The number of hydrogen-bond acceptors (Lipinski definition) is 8. The number of halogens is 3. The molecule has 0 radical (unpaired) electrons. The fourth-order valence-corrected chi connectivity index (χ4v) is 4.45. The molecule has 0 aromatic heterocycles. The highest BCUT2D eigenvalue weighted by atomic mass is 19.4. The summed E-state index contributed by atoms with van der Waals surface area (Å²) in [6, 6.07) is 0. The van der Waals surface area contributed by atoms with Crippen LogP contribution >= 0.6 is 0 Å². The average molecular weight is 532 g/mol. The van der Waals surface area contributed by atoms with E-state index in [9.17, 15) is 32.3 Å². The smallest absolute Gasteiger partial charge is 0.426 e. The molecule has 2 aliphatic rings. The number of likely N-dealkylation sites (tertiary alicyclic amines) is 1. The maximum absolute atomic E-state index is 14.0. The van der Waals surface area contributed by atoms with Crippen LogP contribution in [0.3, 0.4) is 0 Å². The summed E-state index contributed by atoms with van der Waals surface area (Å²) in [6.45, 7) is 8.21. The number of likely N-dealkylation sites (N-methyl/N-ethyl adjacent to an activating group) is 1. The Bertz CT molecular complexity index is 1030. The van der Waals surface area contributed by atoms with Gasteiger partial charge in [-0.2, -0.15) is 13.2 Å². The Labute approximate surface area is 212 Å². The number of allylic oxidation sites excluding steroid dienone is 3. The first-order valence-corrected chi connectivity index (χ1v) is 11.6. The van der Waals surface area contributed by atoms with E-state index in [1.54, 1.807) is 13.0 Å². The number of carbonyl (C=O) groups is 4. The first-order valence-electron chi connectivity index (χ1n) is 11.6. The van der Waals surface area contributed by atoms with Crippen LogP contribution in [0.15, 0.2) is 28.4 Å². The highest BCUT2D eigenvalue weighted by Gasteiger charge is 2.76. The molecule has 1 saturated heterocycles. The van der Waals surface area contributed by atoms with Crippen molar-refractivity contribution < 1.29 is 46.6 Å². The molecule has 0 saturated carbocycles. The van der Waals surface area contributed by atoms with Crippen molar-refractivity contribution in [3.63, 3.8) is 0 Å². The number of carbonyl (C=O) groups excluding carboxylic acids is 4. The zero-order valence-corrected chi connectivity index (χ0v) is 21.8. The molecule has 1 fully saturated rings. The lowest BCUT2D eigenvalue weighted by Crippen LogP contribution is -2.76. The SMILES string of the molecule is CCOC(=O)C(N=CC(F)(F)F)(C(=O)OCC)[C@]1(NC(=O)OC(C)(C)C)C(=O)N(C)C2=CC=C(C)CC21. The lowest BCUT2D eigenvalue weighted by atomic mass is 9.66. The summed E-state index contributed by atoms with van der Waals surface area (Å²) in [4.78, 5) is 58.7. The molecule has 1 unspecified atom stereocenters. The molecule has 2 atom stereocenters. The second-order valence-corrected chi connectivity index (χ2v) is 9.61. The predicted molar refractivity (Wildman–Crippen MR) is 125 cm³/mol. The van der Waals surface area contributed by atoms with Crippen LogP contribution in [0, 0.1) is 5.92 Å². The van der Waals surface area contributed by atoms with Crippen LogP contribution in [0.2, 0.25) is 0 Å². The third-order valence-electron chi connectivity index (χ3n) is 5.79. The van der Waals surface area contributed by atoms with E-state index in [4.69, 9.17) is 14.2 Å². The normalized spacial score (nSPS) is 22.3. The van der Waals surface area contributed by atoms with Crippen LogP contribution in [-0.2, 0) is 28.6 Å². The highest BCUT2D eigenvalue weighted by Crippen LogP contribution is 2.50. The standard InChI is InChI=1S/C24H32F3N3O7/c1-8-35-18(32)24(19(33)36-9-2,28-13-22(25,26)27)23(29-20(34)37-21(4,5)6)15-12-14(3)10-11-16(15)30(7)17(23)31/h10-11,13,15H,8-9,12H2,1-7H3,(H,29,34)/t15?,23-/m1/s1. The van der Waals surface area contributed by atoms with Gasteiger partial charge in [0.25, 0.3) is 11.4 Å². The van der Waals surface area contributed by atoms with Crippen LogP contribution in [0.1, 0.15) is 48.0 Å². The van der Waals surface area contributed by atoms with Gasteiger partial charge in [-0.3, -0.25) is 9.79 Å². The maximum Gasteiger partial charge on any atom is 0.426 e. The summed E-state index contributed by atoms with van der Waals surface area (Å²) in [6.07, 6.45) is -3.77. The molecule has 1 N–H and O–H groups in total. The van der Waals surface area contributed by atoms with Crippen molar-refractivity contribution in [1.29, 1.82) is 0 Å². The number of fused-ring (bicyclic) bond motifs is 1.